The van der Waals surface area contributed by atoms with Gasteiger partial charge in [-0.05, 0) is 129 Å². The number of aryl methyl sites for hydroxylation is 2. The number of nitrogens with zero attached hydrogens (tertiary/aromatic N) is 8. The fourth-order valence-corrected chi connectivity index (χ4v) is 7.91. The zero-order valence-corrected chi connectivity index (χ0v) is 37.1. The van der Waals surface area contributed by atoms with Crippen LogP contribution in [0.15, 0.2) is 93.8 Å². The number of aliphatic hydroxyl groups excluding tert-OH is 1. The molecule has 2 heterocycles. The SMILES string of the molecule is [C-]#[N+]c1ccc(C[C@@H](c2nnc(-c3ccc(C#N)cc3)o2)[C@@H](C)O)cc1C.[C-]#[N+]c1ccc(C[C@@H](c2nnc(-c3ccc(C#N)cc3)o2)[C@@H](C)O[Si](C)(C)C(C)(C)C)cc1C. The molecule has 0 unspecified atom stereocenters. The molecule has 0 bridgehead atoms. The maximum absolute atomic E-state index is 10.2. The second-order valence-electron chi connectivity index (χ2n) is 16.7. The summed E-state index contributed by atoms with van der Waals surface area (Å²) in [6.07, 6.45) is 0.353. The van der Waals surface area contributed by atoms with Gasteiger partial charge in [0.05, 0.1) is 60.5 Å². The number of aliphatic hydroxyl groups is 1. The third-order valence-electron chi connectivity index (χ3n) is 11.1. The van der Waals surface area contributed by atoms with Crippen LogP contribution in [0.1, 0.15) is 91.6 Å². The van der Waals surface area contributed by atoms with E-state index in [1.165, 1.54) is 0 Å². The third-order valence-corrected chi connectivity index (χ3v) is 15.7. The molecule has 2 aromatic heterocycles. The Kier molecular flexibility index (Phi) is 14.5. The monoisotopic (exact) mass is 830 g/mol. The molecule has 0 spiro atoms. The van der Waals surface area contributed by atoms with Gasteiger partial charge in [-0.2, -0.15) is 10.5 Å². The smallest absolute Gasteiger partial charge is 0.247 e. The second kappa shape index (κ2) is 19.5. The molecule has 0 saturated carbocycles. The number of hydrogen-bond donors (Lipinski definition) is 1. The molecule has 6 aromatic rings. The van der Waals surface area contributed by atoms with Gasteiger partial charge in [-0.15, -0.1) is 20.4 Å². The van der Waals surface area contributed by atoms with Gasteiger partial charge >= 0.3 is 0 Å². The van der Waals surface area contributed by atoms with Crippen LogP contribution in [-0.4, -0.2) is 46.0 Å². The zero-order chi connectivity index (χ0) is 44.5. The van der Waals surface area contributed by atoms with E-state index >= 15 is 0 Å². The molecule has 0 radical (unpaired) electrons. The van der Waals surface area contributed by atoms with Gasteiger partial charge in [0.1, 0.15) is 0 Å². The molecule has 6 rings (SSSR count). The van der Waals surface area contributed by atoms with Crippen molar-refractivity contribution in [2.24, 2.45) is 0 Å². The van der Waals surface area contributed by atoms with Gasteiger partial charge in [0.25, 0.3) is 0 Å². The molecule has 4 atom stereocenters. The molecular weight excluding hydrogens is 781 g/mol. The van der Waals surface area contributed by atoms with Gasteiger partial charge in [-0.1, -0.05) is 57.2 Å². The summed E-state index contributed by atoms with van der Waals surface area (Å²) in [5.74, 6) is 1.15. The Morgan fingerprint density at radius 3 is 1.46 bits per heavy atom. The Labute approximate surface area is 359 Å². The van der Waals surface area contributed by atoms with Gasteiger partial charge in [0, 0.05) is 11.1 Å². The van der Waals surface area contributed by atoms with Gasteiger partial charge in [0.2, 0.25) is 23.6 Å². The summed E-state index contributed by atoms with van der Waals surface area (Å²) >= 11 is 0. The molecule has 1 N–H and O–H groups in total. The minimum Gasteiger partial charge on any atom is -0.420 e. The minimum atomic E-state index is -2.03. The van der Waals surface area contributed by atoms with E-state index in [1.807, 2.05) is 50.2 Å². The van der Waals surface area contributed by atoms with Crippen LogP contribution in [0.4, 0.5) is 11.4 Å². The summed E-state index contributed by atoms with van der Waals surface area (Å²) < 4.78 is 18.7. The van der Waals surface area contributed by atoms with Crippen LogP contribution in [-0.2, 0) is 17.3 Å². The van der Waals surface area contributed by atoms with E-state index in [0.717, 1.165) is 27.8 Å². The third kappa shape index (κ3) is 11.3. The minimum absolute atomic E-state index is 0.0716. The van der Waals surface area contributed by atoms with Gasteiger partial charge in [-0.25, -0.2) is 9.69 Å². The fraction of sp³-hybridized carbons (Fsp3) is 0.333. The molecule has 61 heavy (non-hydrogen) atoms. The lowest BCUT2D eigenvalue weighted by Crippen LogP contribution is -2.44. The van der Waals surface area contributed by atoms with E-state index in [4.69, 9.17) is 36.9 Å². The summed E-state index contributed by atoms with van der Waals surface area (Å²) in [6.45, 7) is 33.2. The van der Waals surface area contributed by atoms with Crippen molar-refractivity contribution in [2.75, 3.05) is 0 Å². The van der Waals surface area contributed by atoms with Gasteiger partial charge < -0.3 is 18.4 Å². The van der Waals surface area contributed by atoms with Crippen molar-refractivity contribution in [1.82, 2.24) is 20.4 Å². The zero-order valence-electron chi connectivity index (χ0n) is 36.1. The first-order valence-corrected chi connectivity index (χ1v) is 22.8. The molecule has 0 amide bonds. The Hall–Kier alpha value is -6.74. The number of rotatable bonds is 12. The lowest BCUT2D eigenvalue weighted by molar-refractivity contribution is 0.148. The predicted octanol–water partition coefficient (Wildman–Crippen LogP) is 11.4. The molecule has 13 heteroatoms. The van der Waals surface area contributed by atoms with E-state index in [2.05, 4.69) is 89.1 Å². The lowest BCUT2D eigenvalue weighted by Gasteiger charge is -2.40. The van der Waals surface area contributed by atoms with Crippen molar-refractivity contribution in [2.45, 2.75) is 103 Å². The van der Waals surface area contributed by atoms with Crippen molar-refractivity contribution < 1.29 is 18.4 Å². The highest BCUT2D eigenvalue weighted by Crippen LogP contribution is 2.40. The molecular formula is C48H50N8O4Si. The number of aromatic nitrogens is 4. The first-order chi connectivity index (χ1) is 29.0. The van der Waals surface area contributed by atoms with Crippen LogP contribution in [0, 0.1) is 49.7 Å². The van der Waals surface area contributed by atoms with Crippen LogP contribution < -0.4 is 0 Å². The first-order valence-electron chi connectivity index (χ1n) is 19.9. The highest BCUT2D eigenvalue weighted by atomic mass is 28.4. The summed E-state index contributed by atoms with van der Waals surface area (Å²) in [4.78, 5) is 7.05. The summed E-state index contributed by atoms with van der Waals surface area (Å²) in [5, 5.41) is 45.1. The summed E-state index contributed by atoms with van der Waals surface area (Å²) in [5.41, 5.74) is 7.84. The lowest BCUT2D eigenvalue weighted by atomic mass is 9.93. The maximum atomic E-state index is 10.2. The standard InChI is InChI=1S/C27H32N4O2Si.C21H18N4O2/c1-18-15-21(11-14-24(18)29-6)16-23(19(2)33-34(7,8)27(3,4)5)26-31-30-25(32-26)22-12-9-20(17-28)10-13-22;1-13-10-16(6-9-19(13)23-3)11-18(14(2)26)21-25-24-20(27-21)17-7-4-15(12-22)5-8-17/h9-15,19,23H,16H2,1-5,7-8H3;4-10,14,18,26H,11H2,1-2H3/t19-,23-;14-,18-/m11/s1. The highest BCUT2D eigenvalue weighted by Gasteiger charge is 2.41. The second-order valence-corrected chi connectivity index (χ2v) is 21.4. The molecule has 0 aliphatic heterocycles. The molecule has 310 valence electrons. The van der Waals surface area contributed by atoms with Crippen molar-refractivity contribution in [1.29, 1.82) is 10.5 Å². The largest absolute Gasteiger partial charge is 0.420 e. The van der Waals surface area contributed by atoms with Gasteiger partial charge in [-0.3, -0.25) is 0 Å². The highest BCUT2D eigenvalue weighted by molar-refractivity contribution is 6.74. The molecule has 12 nitrogen and oxygen atoms in total. The molecule has 0 fully saturated rings. The molecule has 0 aliphatic rings. The van der Waals surface area contributed by atoms with Crippen LogP contribution in [0.25, 0.3) is 32.6 Å². The van der Waals surface area contributed by atoms with E-state index in [-0.39, 0.29) is 23.0 Å². The van der Waals surface area contributed by atoms with E-state index < -0.39 is 14.4 Å². The fourth-order valence-electron chi connectivity index (χ4n) is 6.47. The number of hydrogen-bond acceptors (Lipinski definition) is 10. The van der Waals surface area contributed by atoms with Crippen LogP contribution in [0.2, 0.25) is 18.1 Å². The van der Waals surface area contributed by atoms with Crippen LogP contribution >= 0.6 is 0 Å². The Morgan fingerprint density at radius 1 is 0.689 bits per heavy atom. The summed E-state index contributed by atoms with van der Waals surface area (Å²) in [6, 6.07) is 29.7. The van der Waals surface area contributed by atoms with Crippen molar-refractivity contribution in [3.8, 4) is 35.0 Å². The normalized spacial score (nSPS) is 13.3. The van der Waals surface area contributed by atoms with Crippen LogP contribution in [0.5, 0.6) is 0 Å². The predicted molar refractivity (Wildman–Crippen MR) is 236 cm³/mol. The molecule has 0 aliphatic carbocycles. The van der Waals surface area contributed by atoms with Gasteiger partial charge in [0.15, 0.2) is 19.7 Å². The molecule has 4 aromatic carbocycles. The van der Waals surface area contributed by atoms with E-state index in [1.54, 1.807) is 49.4 Å². The number of nitriles is 2. The Balaban J connectivity index is 0.000000237. The Morgan fingerprint density at radius 2 is 1.10 bits per heavy atom. The first kappa shape index (κ1) is 45.3. The average Bonchev–Trinajstić information content (AvgIpc) is 3.93. The quantitative estimate of drug-likeness (QED) is 0.0927. The van der Waals surface area contributed by atoms with Crippen molar-refractivity contribution >= 4 is 19.7 Å². The van der Waals surface area contributed by atoms with Crippen molar-refractivity contribution in [3.05, 3.63) is 153 Å². The summed E-state index contributed by atoms with van der Waals surface area (Å²) in [7, 11) is -2.03. The number of benzene rings is 4. The van der Waals surface area contributed by atoms with E-state index in [0.29, 0.717) is 64.5 Å². The maximum Gasteiger partial charge on any atom is 0.247 e. The molecule has 0 saturated heterocycles. The Bertz CT molecular complexity index is 2610. The average molecular weight is 831 g/mol. The van der Waals surface area contributed by atoms with Crippen molar-refractivity contribution in [3.63, 3.8) is 0 Å². The van der Waals surface area contributed by atoms with Crippen LogP contribution in [0.3, 0.4) is 0 Å². The van der Waals surface area contributed by atoms with E-state index in [9.17, 15) is 5.11 Å². The topological polar surface area (TPSA) is 164 Å².